The van der Waals surface area contributed by atoms with Crippen molar-refractivity contribution < 1.29 is 4.74 Å². The van der Waals surface area contributed by atoms with Gasteiger partial charge in [-0.15, -0.1) is 11.3 Å². The molecule has 0 fully saturated rings. The summed E-state index contributed by atoms with van der Waals surface area (Å²) in [5, 5.41) is 8.63. The number of pyridine rings is 1. The molecule has 0 unspecified atom stereocenters. The highest BCUT2D eigenvalue weighted by Gasteiger charge is 2.12. The SMILES string of the molecule is COCCn1cc2c(N)nc3cc(-c4cccs4)ccc3c2n1. The third-order valence-electron chi connectivity index (χ3n) is 3.86. The van der Waals surface area contributed by atoms with Crippen molar-refractivity contribution in [1.29, 1.82) is 0 Å². The molecule has 4 aromatic rings. The monoisotopic (exact) mass is 324 g/mol. The van der Waals surface area contributed by atoms with E-state index in [0.717, 1.165) is 27.4 Å². The summed E-state index contributed by atoms with van der Waals surface area (Å²) in [6, 6.07) is 10.4. The Balaban J connectivity index is 1.89. The Morgan fingerprint density at radius 2 is 2.17 bits per heavy atom. The molecule has 0 aliphatic carbocycles. The first-order valence-corrected chi connectivity index (χ1v) is 8.23. The van der Waals surface area contributed by atoms with Crippen LogP contribution in [0, 0.1) is 0 Å². The van der Waals surface area contributed by atoms with Gasteiger partial charge in [-0.3, -0.25) is 4.68 Å². The van der Waals surface area contributed by atoms with Gasteiger partial charge in [0.1, 0.15) is 11.3 Å². The van der Waals surface area contributed by atoms with Crippen molar-refractivity contribution in [3.63, 3.8) is 0 Å². The number of anilines is 1. The van der Waals surface area contributed by atoms with Crippen LogP contribution in [-0.2, 0) is 11.3 Å². The van der Waals surface area contributed by atoms with Crippen molar-refractivity contribution in [1.82, 2.24) is 14.8 Å². The number of nitrogen functional groups attached to an aromatic ring is 1. The van der Waals surface area contributed by atoms with E-state index in [1.54, 1.807) is 18.4 Å². The summed E-state index contributed by atoms with van der Waals surface area (Å²) in [5.74, 6) is 0.513. The minimum atomic E-state index is 0.513. The van der Waals surface area contributed by atoms with Crippen molar-refractivity contribution in [3.8, 4) is 10.4 Å². The van der Waals surface area contributed by atoms with E-state index in [1.807, 2.05) is 16.9 Å². The zero-order valence-electron chi connectivity index (χ0n) is 12.7. The van der Waals surface area contributed by atoms with Crippen molar-refractivity contribution in [2.45, 2.75) is 6.54 Å². The van der Waals surface area contributed by atoms with Gasteiger partial charge in [0.25, 0.3) is 0 Å². The van der Waals surface area contributed by atoms with Gasteiger partial charge in [0.2, 0.25) is 0 Å². The zero-order chi connectivity index (χ0) is 15.8. The van der Waals surface area contributed by atoms with Crippen molar-refractivity contribution in [2.24, 2.45) is 0 Å². The molecule has 2 N–H and O–H groups in total. The molecule has 4 rings (SSSR count). The van der Waals surface area contributed by atoms with E-state index in [2.05, 4.69) is 39.7 Å². The van der Waals surface area contributed by atoms with Crippen LogP contribution < -0.4 is 5.73 Å². The molecule has 0 atom stereocenters. The van der Waals surface area contributed by atoms with Gasteiger partial charge in [0.15, 0.2) is 0 Å². The van der Waals surface area contributed by atoms with Crippen LogP contribution in [0.2, 0.25) is 0 Å². The highest BCUT2D eigenvalue weighted by atomic mass is 32.1. The minimum Gasteiger partial charge on any atom is -0.383 e. The molecule has 0 amide bonds. The van der Waals surface area contributed by atoms with E-state index in [9.17, 15) is 0 Å². The molecule has 0 aliphatic heterocycles. The van der Waals surface area contributed by atoms with E-state index in [0.29, 0.717) is 19.0 Å². The van der Waals surface area contributed by atoms with Gasteiger partial charge in [-0.25, -0.2) is 4.98 Å². The Bertz CT molecular complexity index is 975. The van der Waals surface area contributed by atoms with Gasteiger partial charge in [-0.05, 0) is 29.1 Å². The number of thiophene rings is 1. The number of benzene rings is 1. The summed E-state index contributed by atoms with van der Waals surface area (Å²) < 4.78 is 6.97. The lowest BCUT2D eigenvalue weighted by molar-refractivity contribution is 0.184. The fourth-order valence-electron chi connectivity index (χ4n) is 2.72. The average molecular weight is 324 g/mol. The fourth-order valence-corrected chi connectivity index (χ4v) is 3.44. The predicted molar refractivity (Wildman–Crippen MR) is 94.6 cm³/mol. The second kappa shape index (κ2) is 5.64. The highest BCUT2D eigenvalue weighted by Crippen LogP contribution is 2.31. The molecule has 6 heteroatoms. The van der Waals surface area contributed by atoms with Crippen LogP contribution in [0.5, 0.6) is 0 Å². The number of nitrogens with zero attached hydrogens (tertiary/aromatic N) is 3. The van der Waals surface area contributed by atoms with Crippen molar-refractivity contribution in [3.05, 3.63) is 41.9 Å². The first kappa shape index (κ1) is 14.2. The average Bonchev–Trinajstić information content (AvgIpc) is 3.22. The van der Waals surface area contributed by atoms with E-state index in [-0.39, 0.29) is 0 Å². The third-order valence-corrected chi connectivity index (χ3v) is 4.78. The van der Waals surface area contributed by atoms with Crippen LogP contribution in [0.3, 0.4) is 0 Å². The molecular formula is C17H16N4OS. The quantitative estimate of drug-likeness (QED) is 0.623. The van der Waals surface area contributed by atoms with Gasteiger partial charge in [0, 0.05) is 23.6 Å². The molecule has 0 saturated carbocycles. The normalized spacial score (nSPS) is 11.5. The molecule has 3 aromatic heterocycles. The Kier molecular flexibility index (Phi) is 3.48. The predicted octanol–water partition coefficient (Wildman–Crippen LogP) is 3.54. The summed E-state index contributed by atoms with van der Waals surface area (Å²) in [7, 11) is 1.68. The Labute approximate surface area is 137 Å². The molecule has 5 nitrogen and oxygen atoms in total. The zero-order valence-corrected chi connectivity index (χ0v) is 13.5. The first-order valence-electron chi connectivity index (χ1n) is 7.35. The topological polar surface area (TPSA) is 66.0 Å². The standard InChI is InChI=1S/C17H16N4OS/c1-22-7-6-21-10-13-16(20-21)12-5-4-11(15-3-2-8-23-15)9-14(12)19-17(13)18/h2-5,8-10H,6-7H2,1H3,(H2,18,19). The molecule has 0 spiro atoms. The molecule has 3 heterocycles. The van der Waals surface area contributed by atoms with Gasteiger partial charge in [-0.1, -0.05) is 12.1 Å². The summed E-state index contributed by atoms with van der Waals surface area (Å²) in [5.41, 5.74) is 9.05. The summed E-state index contributed by atoms with van der Waals surface area (Å²) in [6.07, 6.45) is 1.93. The summed E-state index contributed by atoms with van der Waals surface area (Å²) in [6.45, 7) is 1.31. The Morgan fingerprint density at radius 3 is 2.96 bits per heavy atom. The van der Waals surface area contributed by atoms with Gasteiger partial charge >= 0.3 is 0 Å². The Morgan fingerprint density at radius 1 is 1.26 bits per heavy atom. The maximum absolute atomic E-state index is 6.14. The highest BCUT2D eigenvalue weighted by molar-refractivity contribution is 7.13. The van der Waals surface area contributed by atoms with Crippen LogP contribution in [0.4, 0.5) is 5.82 Å². The Hall–Kier alpha value is -2.44. The number of nitrogens with two attached hydrogens (primary N) is 1. The maximum Gasteiger partial charge on any atom is 0.135 e. The number of aromatic nitrogens is 3. The van der Waals surface area contributed by atoms with Crippen LogP contribution in [0.15, 0.2) is 41.9 Å². The number of hydrogen-bond donors (Lipinski definition) is 1. The molecule has 0 aliphatic rings. The molecule has 0 bridgehead atoms. The minimum absolute atomic E-state index is 0.513. The van der Waals surface area contributed by atoms with Crippen LogP contribution >= 0.6 is 11.3 Å². The summed E-state index contributed by atoms with van der Waals surface area (Å²) >= 11 is 1.71. The molecule has 116 valence electrons. The number of hydrogen-bond acceptors (Lipinski definition) is 5. The first-order chi connectivity index (χ1) is 11.3. The molecule has 0 radical (unpaired) electrons. The molecule has 0 saturated heterocycles. The van der Waals surface area contributed by atoms with E-state index in [1.165, 1.54) is 4.88 Å². The molecule has 23 heavy (non-hydrogen) atoms. The number of fused-ring (bicyclic) bond motifs is 3. The number of methoxy groups -OCH3 is 1. The van der Waals surface area contributed by atoms with Gasteiger partial charge in [-0.2, -0.15) is 5.10 Å². The molecular weight excluding hydrogens is 308 g/mol. The van der Waals surface area contributed by atoms with Crippen LogP contribution in [0.1, 0.15) is 0 Å². The number of rotatable bonds is 4. The van der Waals surface area contributed by atoms with Crippen molar-refractivity contribution in [2.75, 3.05) is 19.5 Å². The van der Waals surface area contributed by atoms with Crippen LogP contribution in [-0.4, -0.2) is 28.5 Å². The van der Waals surface area contributed by atoms with Gasteiger partial charge in [0.05, 0.1) is 24.1 Å². The second-order valence-corrected chi connectivity index (χ2v) is 6.30. The molecule has 1 aromatic carbocycles. The maximum atomic E-state index is 6.14. The largest absolute Gasteiger partial charge is 0.383 e. The lowest BCUT2D eigenvalue weighted by atomic mass is 10.1. The summed E-state index contributed by atoms with van der Waals surface area (Å²) in [4.78, 5) is 5.79. The smallest absolute Gasteiger partial charge is 0.135 e. The lowest BCUT2D eigenvalue weighted by Crippen LogP contribution is -2.03. The third kappa shape index (κ3) is 2.46. The van der Waals surface area contributed by atoms with E-state index >= 15 is 0 Å². The second-order valence-electron chi connectivity index (χ2n) is 5.35. The van der Waals surface area contributed by atoms with Crippen LogP contribution in [0.25, 0.3) is 32.2 Å². The van der Waals surface area contributed by atoms with E-state index in [4.69, 9.17) is 10.5 Å². The van der Waals surface area contributed by atoms with Gasteiger partial charge < -0.3 is 10.5 Å². The van der Waals surface area contributed by atoms with Crippen molar-refractivity contribution >= 4 is 39.0 Å². The van der Waals surface area contributed by atoms with E-state index < -0.39 is 0 Å². The number of ether oxygens (including phenoxy) is 1. The lowest BCUT2D eigenvalue weighted by Gasteiger charge is -2.03. The fraction of sp³-hybridized carbons (Fsp3) is 0.176.